The highest BCUT2D eigenvalue weighted by atomic mass is 16.7. The lowest BCUT2D eigenvalue weighted by molar-refractivity contribution is -0.0864. The molecule has 5 heteroatoms. The first-order valence-corrected chi connectivity index (χ1v) is 6.67. The molecule has 0 aliphatic rings. The van der Waals surface area contributed by atoms with Gasteiger partial charge in [0.1, 0.15) is 12.5 Å². The van der Waals surface area contributed by atoms with Gasteiger partial charge in [-0.25, -0.2) is 0 Å². The standard InChI is InChI=1S/C12H18O4.C3H8O/c1-14-9-16-11(8-13)7-10-5-3-4-6-12(10)15-2;1-2-3-4/h3-6,11,13H,7-9H2,1-2H3;4H,2-3H2,1H3/t11-;/m1./s1. The Hall–Kier alpha value is -1.14. The molecule has 1 aromatic rings. The molecule has 0 heterocycles. The first kappa shape index (κ1) is 18.9. The van der Waals surface area contributed by atoms with E-state index in [1.807, 2.05) is 31.2 Å². The second-order valence-corrected chi connectivity index (χ2v) is 4.12. The zero-order valence-corrected chi connectivity index (χ0v) is 12.5. The minimum absolute atomic E-state index is 0.0403. The minimum Gasteiger partial charge on any atom is -0.496 e. The van der Waals surface area contributed by atoms with Gasteiger partial charge in [-0.3, -0.25) is 0 Å². The van der Waals surface area contributed by atoms with Gasteiger partial charge >= 0.3 is 0 Å². The van der Waals surface area contributed by atoms with E-state index in [9.17, 15) is 0 Å². The highest BCUT2D eigenvalue weighted by Gasteiger charge is 2.11. The van der Waals surface area contributed by atoms with E-state index in [1.54, 1.807) is 14.2 Å². The third-order valence-electron chi connectivity index (χ3n) is 2.49. The molecule has 116 valence electrons. The Balaban J connectivity index is 0.000000796. The molecule has 5 nitrogen and oxygen atoms in total. The van der Waals surface area contributed by atoms with Gasteiger partial charge in [-0.2, -0.15) is 0 Å². The molecule has 0 fully saturated rings. The maximum absolute atomic E-state index is 9.16. The topological polar surface area (TPSA) is 68.2 Å². The molecule has 1 aromatic carbocycles. The van der Waals surface area contributed by atoms with Crippen LogP contribution in [0.25, 0.3) is 0 Å². The summed E-state index contributed by atoms with van der Waals surface area (Å²) in [5.74, 6) is 0.807. The van der Waals surface area contributed by atoms with E-state index in [1.165, 1.54) is 0 Å². The van der Waals surface area contributed by atoms with Crippen LogP contribution < -0.4 is 4.74 Å². The van der Waals surface area contributed by atoms with Gasteiger partial charge in [0, 0.05) is 20.1 Å². The van der Waals surface area contributed by atoms with Crippen LogP contribution in [0.3, 0.4) is 0 Å². The largest absolute Gasteiger partial charge is 0.496 e. The predicted molar refractivity (Wildman–Crippen MR) is 77.9 cm³/mol. The zero-order chi connectivity index (χ0) is 15.2. The maximum Gasteiger partial charge on any atom is 0.146 e. The fourth-order valence-corrected chi connectivity index (χ4v) is 1.46. The van der Waals surface area contributed by atoms with Gasteiger partial charge in [-0.05, 0) is 18.1 Å². The number of benzene rings is 1. The lowest BCUT2D eigenvalue weighted by atomic mass is 10.1. The van der Waals surface area contributed by atoms with E-state index in [2.05, 4.69) is 0 Å². The van der Waals surface area contributed by atoms with Gasteiger partial charge in [0.2, 0.25) is 0 Å². The molecule has 0 unspecified atom stereocenters. The number of para-hydroxylation sites is 1. The first-order valence-electron chi connectivity index (χ1n) is 6.67. The zero-order valence-electron chi connectivity index (χ0n) is 12.5. The summed E-state index contributed by atoms with van der Waals surface area (Å²) in [4.78, 5) is 0. The minimum atomic E-state index is -0.267. The van der Waals surface area contributed by atoms with E-state index in [-0.39, 0.29) is 19.5 Å². The molecule has 1 atom stereocenters. The molecule has 0 spiro atoms. The summed E-state index contributed by atoms with van der Waals surface area (Å²) < 4.78 is 15.3. The third-order valence-corrected chi connectivity index (χ3v) is 2.49. The average Bonchev–Trinajstić information content (AvgIpc) is 2.52. The molecular formula is C15H26O5. The van der Waals surface area contributed by atoms with Crippen molar-refractivity contribution in [2.75, 3.05) is 34.2 Å². The molecule has 1 rings (SSSR count). The van der Waals surface area contributed by atoms with Crippen molar-refractivity contribution in [3.05, 3.63) is 29.8 Å². The molecule has 0 saturated heterocycles. The quantitative estimate of drug-likeness (QED) is 0.711. The van der Waals surface area contributed by atoms with Gasteiger partial charge in [-0.1, -0.05) is 25.1 Å². The van der Waals surface area contributed by atoms with Crippen molar-refractivity contribution in [1.82, 2.24) is 0 Å². The number of ether oxygens (including phenoxy) is 3. The molecule has 0 radical (unpaired) electrons. The number of aliphatic hydroxyl groups excluding tert-OH is 2. The molecular weight excluding hydrogens is 260 g/mol. The maximum atomic E-state index is 9.16. The summed E-state index contributed by atoms with van der Waals surface area (Å²) in [6, 6.07) is 7.69. The fraction of sp³-hybridized carbons (Fsp3) is 0.600. The smallest absolute Gasteiger partial charge is 0.146 e. The molecule has 0 aliphatic carbocycles. The molecule has 0 aliphatic heterocycles. The van der Waals surface area contributed by atoms with Crippen molar-refractivity contribution in [1.29, 1.82) is 0 Å². The Morgan fingerprint density at radius 2 is 1.80 bits per heavy atom. The molecule has 0 amide bonds. The summed E-state index contributed by atoms with van der Waals surface area (Å²) in [6.07, 6.45) is 1.21. The Bertz CT molecular complexity index is 328. The van der Waals surface area contributed by atoms with Crippen LogP contribution in [0.15, 0.2) is 24.3 Å². The molecule has 20 heavy (non-hydrogen) atoms. The van der Waals surface area contributed by atoms with E-state index in [0.717, 1.165) is 17.7 Å². The Labute approximate surface area is 121 Å². The van der Waals surface area contributed by atoms with Crippen LogP contribution in [0, 0.1) is 0 Å². The first-order chi connectivity index (χ1) is 9.73. The number of hydrogen-bond donors (Lipinski definition) is 2. The monoisotopic (exact) mass is 286 g/mol. The van der Waals surface area contributed by atoms with E-state index in [4.69, 9.17) is 24.4 Å². The normalized spacial score (nSPS) is 11.4. The SMILES string of the molecule is CCCO.COCO[C@@H](CO)Cc1ccccc1OC. The Kier molecular flexibility index (Phi) is 12.1. The molecule has 0 aromatic heterocycles. The van der Waals surface area contributed by atoms with Crippen LogP contribution in [0.2, 0.25) is 0 Å². The highest BCUT2D eigenvalue weighted by Crippen LogP contribution is 2.19. The lowest BCUT2D eigenvalue weighted by Crippen LogP contribution is -2.22. The number of hydrogen-bond acceptors (Lipinski definition) is 5. The lowest BCUT2D eigenvalue weighted by Gasteiger charge is -2.16. The van der Waals surface area contributed by atoms with E-state index < -0.39 is 0 Å². The molecule has 0 saturated carbocycles. The van der Waals surface area contributed by atoms with Crippen molar-refractivity contribution in [2.45, 2.75) is 25.9 Å². The van der Waals surface area contributed by atoms with Crippen molar-refractivity contribution in [2.24, 2.45) is 0 Å². The van der Waals surface area contributed by atoms with Crippen molar-refractivity contribution < 1.29 is 24.4 Å². The summed E-state index contributed by atoms with van der Waals surface area (Å²) in [6.45, 7) is 2.39. The number of rotatable bonds is 8. The third kappa shape index (κ3) is 8.12. The van der Waals surface area contributed by atoms with Gasteiger partial charge in [-0.15, -0.1) is 0 Å². The van der Waals surface area contributed by atoms with E-state index >= 15 is 0 Å². The fourth-order valence-electron chi connectivity index (χ4n) is 1.46. The highest BCUT2D eigenvalue weighted by molar-refractivity contribution is 5.33. The summed E-state index contributed by atoms with van der Waals surface area (Å²) in [7, 11) is 3.18. The summed E-state index contributed by atoms with van der Waals surface area (Å²) in [5.41, 5.74) is 1.01. The molecule has 0 bridgehead atoms. The Morgan fingerprint density at radius 3 is 2.30 bits per heavy atom. The van der Waals surface area contributed by atoms with Gasteiger partial charge in [0.25, 0.3) is 0 Å². The second kappa shape index (κ2) is 12.9. The van der Waals surface area contributed by atoms with Crippen molar-refractivity contribution >= 4 is 0 Å². The van der Waals surface area contributed by atoms with Crippen LogP contribution in [0.5, 0.6) is 5.75 Å². The number of aliphatic hydroxyl groups is 2. The van der Waals surface area contributed by atoms with Crippen LogP contribution >= 0.6 is 0 Å². The Morgan fingerprint density at radius 1 is 1.15 bits per heavy atom. The molecule has 2 N–H and O–H groups in total. The summed E-state index contributed by atoms with van der Waals surface area (Å²) in [5, 5.41) is 17.0. The van der Waals surface area contributed by atoms with Crippen LogP contribution in [0.4, 0.5) is 0 Å². The van der Waals surface area contributed by atoms with Crippen molar-refractivity contribution in [3.63, 3.8) is 0 Å². The second-order valence-electron chi connectivity index (χ2n) is 4.12. The summed E-state index contributed by atoms with van der Waals surface area (Å²) >= 11 is 0. The van der Waals surface area contributed by atoms with Gasteiger partial charge < -0.3 is 24.4 Å². The van der Waals surface area contributed by atoms with Crippen LogP contribution in [0.1, 0.15) is 18.9 Å². The van der Waals surface area contributed by atoms with Crippen LogP contribution in [-0.2, 0) is 15.9 Å². The average molecular weight is 286 g/mol. The predicted octanol–water partition coefficient (Wildman–Crippen LogP) is 1.61. The van der Waals surface area contributed by atoms with E-state index in [0.29, 0.717) is 13.0 Å². The van der Waals surface area contributed by atoms with Gasteiger partial charge in [0.15, 0.2) is 0 Å². The van der Waals surface area contributed by atoms with Crippen LogP contribution in [-0.4, -0.2) is 50.5 Å². The number of methoxy groups -OCH3 is 2. The van der Waals surface area contributed by atoms with Gasteiger partial charge in [0.05, 0.1) is 19.8 Å². The van der Waals surface area contributed by atoms with Crippen molar-refractivity contribution in [3.8, 4) is 5.75 Å².